The molecule has 5 rings (SSSR count). The Hall–Kier alpha value is -3.30. The summed E-state index contributed by atoms with van der Waals surface area (Å²) in [6.07, 6.45) is 5.76. The minimum Gasteiger partial charge on any atom is -0.462 e. The number of aliphatic hydroxyl groups is 1. The van der Waals surface area contributed by atoms with Crippen molar-refractivity contribution in [3.8, 4) is 11.4 Å². The third kappa shape index (κ3) is 3.10. The number of aromatic nitrogens is 5. The van der Waals surface area contributed by atoms with Gasteiger partial charge in [-0.05, 0) is 24.3 Å². The number of aliphatic hydroxyl groups excluding tert-OH is 1. The first-order chi connectivity index (χ1) is 13.8. The first-order valence-electron chi connectivity index (χ1n) is 8.98. The van der Waals surface area contributed by atoms with Crippen molar-refractivity contribution in [3.05, 3.63) is 71.8 Å². The van der Waals surface area contributed by atoms with Gasteiger partial charge in [0.25, 0.3) is 0 Å². The number of pyridine rings is 1. The van der Waals surface area contributed by atoms with E-state index >= 15 is 0 Å². The molecule has 4 aromatic heterocycles. The normalized spacial score (nSPS) is 17.0. The van der Waals surface area contributed by atoms with Crippen molar-refractivity contribution in [1.82, 2.24) is 30.0 Å². The predicted molar refractivity (Wildman–Crippen MR) is 96.4 cm³/mol. The highest BCUT2D eigenvalue weighted by atomic mass is 16.5. The lowest BCUT2D eigenvalue weighted by Crippen LogP contribution is -2.34. The lowest BCUT2D eigenvalue weighted by Gasteiger charge is -2.31. The van der Waals surface area contributed by atoms with Gasteiger partial charge in [-0.3, -0.25) is 9.88 Å². The predicted octanol–water partition coefficient (Wildman–Crippen LogP) is 2.24. The van der Waals surface area contributed by atoms with Gasteiger partial charge in [-0.2, -0.15) is 4.98 Å². The van der Waals surface area contributed by atoms with Crippen molar-refractivity contribution in [2.45, 2.75) is 32.2 Å². The van der Waals surface area contributed by atoms with Gasteiger partial charge in [0.05, 0.1) is 30.3 Å². The Kier molecular flexibility index (Phi) is 4.22. The maximum Gasteiger partial charge on any atom is 0.244 e. The molecular formula is C19H18N6O3. The van der Waals surface area contributed by atoms with Gasteiger partial charge in [0, 0.05) is 30.9 Å². The maximum absolute atomic E-state index is 9.24. The average molecular weight is 378 g/mol. The van der Waals surface area contributed by atoms with Gasteiger partial charge < -0.3 is 19.0 Å². The van der Waals surface area contributed by atoms with Crippen molar-refractivity contribution in [3.63, 3.8) is 0 Å². The van der Waals surface area contributed by atoms with Crippen LogP contribution in [-0.2, 0) is 26.1 Å². The van der Waals surface area contributed by atoms with E-state index in [0.29, 0.717) is 37.0 Å². The molecule has 0 radical (unpaired) electrons. The molecule has 1 atom stereocenters. The van der Waals surface area contributed by atoms with E-state index in [-0.39, 0.29) is 12.6 Å². The lowest BCUT2D eigenvalue weighted by molar-refractivity contribution is 0.117. The molecule has 0 saturated heterocycles. The molecule has 5 heterocycles. The third-order valence-corrected chi connectivity index (χ3v) is 4.89. The molecule has 0 bridgehead atoms. The van der Waals surface area contributed by atoms with E-state index in [1.165, 1.54) is 0 Å². The summed E-state index contributed by atoms with van der Waals surface area (Å²) < 4.78 is 11.3. The van der Waals surface area contributed by atoms with Gasteiger partial charge in [0.2, 0.25) is 11.7 Å². The fraction of sp³-hybridized carbons (Fsp3) is 0.263. The summed E-state index contributed by atoms with van der Waals surface area (Å²) in [5, 5.41) is 13.4. The second kappa shape index (κ2) is 7.02. The maximum atomic E-state index is 9.24. The van der Waals surface area contributed by atoms with Crippen LogP contribution in [-0.4, -0.2) is 35.1 Å². The summed E-state index contributed by atoms with van der Waals surface area (Å²) in [5.74, 6) is 2.38. The Balaban J connectivity index is 1.45. The van der Waals surface area contributed by atoms with Crippen molar-refractivity contribution >= 4 is 0 Å². The molecule has 0 spiro atoms. The molecule has 0 saturated carbocycles. The Morgan fingerprint density at radius 2 is 2.04 bits per heavy atom. The standard InChI is InChI=1S/C19H18N6O3/c26-10-14-2-1-13(27-14)8-25-9-16-15(21-11-22-16)7-17(25)19-23-18(24-28-19)12-3-5-20-6-4-12/h1-6,11,17,26H,7-10H2,(H,21,22). The number of nitrogens with zero attached hydrogens (tertiary/aromatic N) is 5. The van der Waals surface area contributed by atoms with Crippen molar-refractivity contribution in [2.75, 3.05) is 0 Å². The molecule has 0 aromatic carbocycles. The third-order valence-electron chi connectivity index (χ3n) is 4.89. The number of hydrogen-bond acceptors (Lipinski definition) is 8. The number of imidazole rings is 1. The molecule has 1 aliphatic heterocycles. The van der Waals surface area contributed by atoms with Gasteiger partial charge in [0.15, 0.2) is 0 Å². The van der Waals surface area contributed by atoms with E-state index in [1.807, 2.05) is 18.2 Å². The summed E-state index contributed by atoms with van der Waals surface area (Å²) in [7, 11) is 0. The van der Waals surface area contributed by atoms with Crippen molar-refractivity contribution in [1.29, 1.82) is 0 Å². The monoisotopic (exact) mass is 378 g/mol. The Morgan fingerprint density at radius 3 is 2.86 bits per heavy atom. The average Bonchev–Trinajstić information content (AvgIpc) is 3.48. The van der Waals surface area contributed by atoms with Gasteiger partial charge in [0.1, 0.15) is 18.1 Å². The quantitative estimate of drug-likeness (QED) is 0.543. The van der Waals surface area contributed by atoms with E-state index in [1.54, 1.807) is 24.8 Å². The molecule has 0 fully saturated rings. The Bertz CT molecular complexity index is 1070. The number of aromatic amines is 1. The highest BCUT2D eigenvalue weighted by molar-refractivity contribution is 5.52. The van der Waals surface area contributed by atoms with Crippen LogP contribution >= 0.6 is 0 Å². The Labute approximate surface area is 160 Å². The van der Waals surface area contributed by atoms with Crippen LogP contribution in [0.3, 0.4) is 0 Å². The van der Waals surface area contributed by atoms with Crippen LogP contribution in [0.1, 0.15) is 34.8 Å². The van der Waals surface area contributed by atoms with Crippen molar-refractivity contribution in [2.24, 2.45) is 0 Å². The zero-order valence-corrected chi connectivity index (χ0v) is 14.9. The first kappa shape index (κ1) is 16.8. The van der Waals surface area contributed by atoms with Crippen LogP contribution in [0, 0.1) is 0 Å². The van der Waals surface area contributed by atoms with Crippen LogP contribution < -0.4 is 0 Å². The molecule has 1 unspecified atom stereocenters. The van der Waals surface area contributed by atoms with E-state index in [0.717, 1.165) is 22.7 Å². The zero-order valence-electron chi connectivity index (χ0n) is 14.9. The number of nitrogens with one attached hydrogen (secondary N) is 1. The summed E-state index contributed by atoms with van der Waals surface area (Å²) in [6, 6.07) is 7.23. The molecule has 2 N–H and O–H groups in total. The summed E-state index contributed by atoms with van der Waals surface area (Å²) in [5.41, 5.74) is 2.92. The number of hydrogen-bond donors (Lipinski definition) is 2. The smallest absolute Gasteiger partial charge is 0.244 e. The minimum atomic E-state index is -0.124. The van der Waals surface area contributed by atoms with E-state index in [9.17, 15) is 5.11 Å². The SMILES string of the molecule is OCc1ccc(CN2Cc3[nH]cnc3CC2c2nc(-c3ccncc3)no2)o1. The molecule has 9 heteroatoms. The molecule has 0 amide bonds. The van der Waals surface area contributed by atoms with Crippen LogP contribution in [0.4, 0.5) is 0 Å². The fourth-order valence-electron chi connectivity index (χ4n) is 3.48. The van der Waals surface area contributed by atoms with Crippen LogP contribution in [0.5, 0.6) is 0 Å². The van der Waals surface area contributed by atoms with Gasteiger partial charge in [-0.25, -0.2) is 4.98 Å². The second-order valence-electron chi connectivity index (χ2n) is 6.67. The number of fused-ring (bicyclic) bond motifs is 1. The molecular weight excluding hydrogens is 360 g/mol. The second-order valence-corrected chi connectivity index (χ2v) is 6.67. The Morgan fingerprint density at radius 1 is 1.18 bits per heavy atom. The minimum absolute atomic E-state index is 0.118. The van der Waals surface area contributed by atoms with Crippen molar-refractivity contribution < 1.29 is 14.0 Å². The summed E-state index contributed by atoms with van der Waals surface area (Å²) in [6.45, 7) is 1.09. The van der Waals surface area contributed by atoms with Gasteiger partial charge in [-0.1, -0.05) is 5.16 Å². The van der Waals surface area contributed by atoms with E-state index in [2.05, 4.69) is 30.0 Å². The van der Waals surface area contributed by atoms with Crippen LogP contribution in [0.15, 0.2) is 51.9 Å². The lowest BCUT2D eigenvalue weighted by atomic mass is 10.0. The zero-order chi connectivity index (χ0) is 18.9. The number of H-pyrrole nitrogens is 1. The summed E-state index contributed by atoms with van der Waals surface area (Å²) in [4.78, 5) is 18.5. The number of furan rings is 1. The number of rotatable bonds is 5. The van der Waals surface area contributed by atoms with Gasteiger partial charge >= 0.3 is 0 Å². The summed E-state index contributed by atoms with van der Waals surface area (Å²) >= 11 is 0. The molecule has 1 aliphatic rings. The van der Waals surface area contributed by atoms with Crippen LogP contribution in [0.2, 0.25) is 0 Å². The van der Waals surface area contributed by atoms with E-state index < -0.39 is 0 Å². The van der Waals surface area contributed by atoms with E-state index in [4.69, 9.17) is 8.94 Å². The first-order valence-corrected chi connectivity index (χ1v) is 8.98. The molecule has 142 valence electrons. The largest absolute Gasteiger partial charge is 0.462 e. The molecule has 28 heavy (non-hydrogen) atoms. The fourth-order valence-corrected chi connectivity index (χ4v) is 3.48. The highest BCUT2D eigenvalue weighted by Crippen LogP contribution is 2.33. The molecule has 4 aromatic rings. The molecule has 0 aliphatic carbocycles. The van der Waals surface area contributed by atoms with Crippen LogP contribution in [0.25, 0.3) is 11.4 Å². The topological polar surface area (TPSA) is 117 Å². The molecule has 9 nitrogen and oxygen atoms in total. The highest BCUT2D eigenvalue weighted by Gasteiger charge is 2.33. The van der Waals surface area contributed by atoms with Gasteiger partial charge in [-0.15, -0.1) is 0 Å².